The molecule has 4 aromatic carbocycles. The molecule has 5 heteroatoms. The van der Waals surface area contributed by atoms with Crippen LogP contribution < -0.4 is 4.74 Å². The lowest BCUT2D eigenvalue weighted by Crippen LogP contribution is -1.94. The first-order valence-electron chi connectivity index (χ1n) is 10.2. The van der Waals surface area contributed by atoms with Crippen molar-refractivity contribution in [1.82, 2.24) is 4.98 Å². The lowest BCUT2D eigenvalue weighted by Gasteiger charge is -2.06. The van der Waals surface area contributed by atoms with Gasteiger partial charge in [0.15, 0.2) is 0 Å². The Bertz CT molecular complexity index is 1340. The number of phenolic OH excluding ortho intramolecular Hbond substituents is 1. The van der Waals surface area contributed by atoms with E-state index in [1.165, 1.54) is 0 Å². The highest BCUT2D eigenvalue weighted by Gasteiger charge is 2.10. The van der Waals surface area contributed by atoms with Crippen LogP contribution in [0.2, 0.25) is 0 Å². The molecule has 1 aromatic heterocycles. The van der Waals surface area contributed by atoms with E-state index in [0.717, 1.165) is 32.1 Å². The maximum Gasteiger partial charge on any atom is 0.128 e. The molecule has 0 aliphatic heterocycles. The fourth-order valence-corrected chi connectivity index (χ4v) is 4.31. The number of rotatable bonds is 6. The molecule has 0 aliphatic rings. The molecule has 32 heavy (non-hydrogen) atoms. The van der Waals surface area contributed by atoms with E-state index in [0.29, 0.717) is 17.9 Å². The van der Waals surface area contributed by atoms with E-state index >= 15 is 0 Å². The Morgan fingerprint density at radius 3 is 2.44 bits per heavy atom. The number of hydrogen-bond donors (Lipinski definition) is 1. The molecule has 0 aliphatic carbocycles. The molecule has 0 saturated heterocycles. The smallest absolute Gasteiger partial charge is 0.128 e. The first-order chi connectivity index (χ1) is 15.7. The number of aromatic nitrogens is 1. The van der Waals surface area contributed by atoms with Crippen LogP contribution in [-0.2, 0) is 6.61 Å². The fraction of sp³-hybridized carbons (Fsp3) is 0.0370. The largest absolute Gasteiger partial charge is 0.507 e. The summed E-state index contributed by atoms with van der Waals surface area (Å²) in [6, 6.07) is 31.2. The van der Waals surface area contributed by atoms with Gasteiger partial charge in [0.05, 0.1) is 21.5 Å². The monoisotopic (exact) mass is 436 g/mol. The maximum absolute atomic E-state index is 10.5. The van der Waals surface area contributed by atoms with Crippen LogP contribution in [0.1, 0.15) is 11.1 Å². The Hall–Kier alpha value is -3.96. The first kappa shape index (κ1) is 20.0. The van der Waals surface area contributed by atoms with Gasteiger partial charge in [-0.2, -0.15) is 0 Å². The summed E-state index contributed by atoms with van der Waals surface area (Å²) in [4.78, 5) is 9.11. The molecule has 0 bridgehead atoms. The third kappa shape index (κ3) is 4.53. The number of ether oxygens (including phenoxy) is 1. The molecular weight excluding hydrogens is 416 g/mol. The number of nitrogens with zero attached hydrogens (tertiary/aromatic N) is 2. The second kappa shape index (κ2) is 9.04. The number of aromatic hydroxyl groups is 1. The summed E-state index contributed by atoms with van der Waals surface area (Å²) in [5.41, 5.74) is 4.41. The Morgan fingerprint density at radius 2 is 1.66 bits per heavy atom. The second-order valence-electron chi connectivity index (χ2n) is 7.29. The van der Waals surface area contributed by atoms with Gasteiger partial charge in [0.25, 0.3) is 0 Å². The van der Waals surface area contributed by atoms with Gasteiger partial charge in [0.2, 0.25) is 0 Å². The zero-order chi connectivity index (χ0) is 21.8. The summed E-state index contributed by atoms with van der Waals surface area (Å²) in [5.74, 6) is 0.979. The van der Waals surface area contributed by atoms with E-state index in [9.17, 15) is 5.11 Å². The number of para-hydroxylation sites is 1. The summed E-state index contributed by atoms with van der Waals surface area (Å²) in [6.07, 6.45) is 1.77. The van der Waals surface area contributed by atoms with Crippen molar-refractivity contribution in [3.63, 3.8) is 0 Å². The standard InChI is InChI=1S/C27H20N2O2S/c30-25-16-21(12-15-23(25)27-29-24-8-4-5-9-26(24)32-27)28-17-19-10-13-22(14-11-19)31-18-20-6-2-1-3-7-20/h1-17,30H,18H2. The van der Waals surface area contributed by atoms with Crippen molar-refractivity contribution in [3.8, 4) is 22.1 Å². The van der Waals surface area contributed by atoms with E-state index in [4.69, 9.17) is 4.74 Å². The highest BCUT2D eigenvalue weighted by atomic mass is 32.1. The number of phenols is 1. The van der Waals surface area contributed by atoms with Gasteiger partial charge in [-0.1, -0.05) is 42.5 Å². The predicted molar refractivity (Wildman–Crippen MR) is 131 cm³/mol. The predicted octanol–water partition coefficient (Wildman–Crippen LogP) is 7.00. The molecule has 0 spiro atoms. The van der Waals surface area contributed by atoms with E-state index in [-0.39, 0.29) is 5.75 Å². The van der Waals surface area contributed by atoms with E-state index in [2.05, 4.69) is 9.98 Å². The third-order valence-electron chi connectivity index (χ3n) is 5.00. The number of thiazole rings is 1. The number of hydrogen-bond acceptors (Lipinski definition) is 5. The van der Waals surface area contributed by atoms with Crippen LogP contribution in [0.3, 0.4) is 0 Å². The van der Waals surface area contributed by atoms with Gasteiger partial charge in [0, 0.05) is 12.3 Å². The molecule has 0 unspecified atom stereocenters. The summed E-state index contributed by atoms with van der Waals surface area (Å²) < 4.78 is 6.92. The minimum Gasteiger partial charge on any atom is -0.507 e. The SMILES string of the molecule is Oc1cc(N=Cc2ccc(OCc3ccccc3)cc2)ccc1-c1nc2ccccc2s1. The van der Waals surface area contributed by atoms with Crippen molar-refractivity contribution in [2.45, 2.75) is 6.61 Å². The fourth-order valence-electron chi connectivity index (χ4n) is 3.31. The van der Waals surface area contributed by atoms with Crippen molar-refractivity contribution in [2.75, 3.05) is 0 Å². The molecule has 0 fully saturated rings. The third-order valence-corrected chi connectivity index (χ3v) is 6.07. The zero-order valence-electron chi connectivity index (χ0n) is 17.2. The summed E-state index contributed by atoms with van der Waals surface area (Å²) in [5, 5.41) is 11.3. The molecule has 1 N–H and O–H groups in total. The average molecular weight is 437 g/mol. The minimum absolute atomic E-state index is 0.170. The number of aliphatic imine (C=N–C) groups is 1. The molecule has 0 saturated carbocycles. The quantitative estimate of drug-likeness (QED) is 0.292. The normalized spacial score (nSPS) is 11.2. The molecule has 5 rings (SSSR count). The van der Waals surface area contributed by atoms with E-state index in [1.807, 2.05) is 91.0 Å². The number of benzene rings is 4. The Morgan fingerprint density at radius 1 is 0.875 bits per heavy atom. The van der Waals surface area contributed by atoms with Crippen molar-refractivity contribution in [2.24, 2.45) is 4.99 Å². The molecule has 1 heterocycles. The first-order valence-corrected chi connectivity index (χ1v) is 11.1. The van der Waals surface area contributed by atoms with Crippen LogP contribution in [-0.4, -0.2) is 16.3 Å². The molecule has 5 aromatic rings. The highest BCUT2D eigenvalue weighted by molar-refractivity contribution is 7.21. The summed E-state index contributed by atoms with van der Waals surface area (Å²) in [7, 11) is 0. The van der Waals surface area contributed by atoms with Crippen LogP contribution in [0.25, 0.3) is 20.8 Å². The molecule has 156 valence electrons. The van der Waals surface area contributed by atoms with Gasteiger partial charge in [-0.3, -0.25) is 4.99 Å². The second-order valence-corrected chi connectivity index (χ2v) is 8.32. The van der Waals surface area contributed by atoms with Gasteiger partial charge < -0.3 is 9.84 Å². The van der Waals surface area contributed by atoms with Crippen molar-refractivity contribution in [3.05, 3.63) is 108 Å². The van der Waals surface area contributed by atoms with Gasteiger partial charge in [-0.15, -0.1) is 11.3 Å². The molecular formula is C27H20N2O2S. The van der Waals surface area contributed by atoms with Crippen molar-refractivity contribution < 1.29 is 9.84 Å². The molecule has 0 amide bonds. The van der Waals surface area contributed by atoms with Crippen LogP contribution in [0.4, 0.5) is 5.69 Å². The lowest BCUT2D eigenvalue weighted by atomic mass is 10.2. The minimum atomic E-state index is 0.170. The Kier molecular flexibility index (Phi) is 5.64. The van der Waals surface area contributed by atoms with Crippen LogP contribution in [0.5, 0.6) is 11.5 Å². The molecule has 4 nitrogen and oxygen atoms in total. The number of fused-ring (bicyclic) bond motifs is 1. The van der Waals surface area contributed by atoms with E-state index in [1.54, 1.807) is 23.6 Å². The lowest BCUT2D eigenvalue weighted by molar-refractivity contribution is 0.306. The van der Waals surface area contributed by atoms with Gasteiger partial charge >= 0.3 is 0 Å². The topological polar surface area (TPSA) is 54.7 Å². The Balaban J connectivity index is 1.26. The van der Waals surface area contributed by atoms with Crippen LogP contribution >= 0.6 is 11.3 Å². The summed E-state index contributed by atoms with van der Waals surface area (Å²) in [6.45, 7) is 0.536. The van der Waals surface area contributed by atoms with Gasteiger partial charge in [0.1, 0.15) is 23.1 Å². The average Bonchev–Trinajstić information content (AvgIpc) is 3.27. The van der Waals surface area contributed by atoms with Gasteiger partial charge in [-0.25, -0.2) is 4.98 Å². The zero-order valence-corrected chi connectivity index (χ0v) is 18.0. The van der Waals surface area contributed by atoms with Crippen LogP contribution in [0.15, 0.2) is 102 Å². The van der Waals surface area contributed by atoms with Crippen LogP contribution in [0, 0.1) is 0 Å². The van der Waals surface area contributed by atoms with Crippen molar-refractivity contribution in [1.29, 1.82) is 0 Å². The van der Waals surface area contributed by atoms with Crippen molar-refractivity contribution >= 4 is 33.5 Å². The highest BCUT2D eigenvalue weighted by Crippen LogP contribution is 2.37. The van der Waals surface area contributed by atoms with Gasteiger partial charge in [-0.05, 0) is 59.7 Å². The summed E-state index contributed by atoms with van der Waals surface area (Å²) >= 11 is 1.56. The van der Waals surface area contributed by atoms with E-state index < -0.39 is 0 Å². The Labute approximate surface area is 190 Å². The molecule has 0 radical (unpaired) electrons. The maximum atomic E-state index is 10.5. The molecule has 0 atom stereocenters.